The lowest BCUT2D eigenvalue weighted by atomic mass is 10.2. The van der Waals surface area contributed by atoms with Gasteiger partial charge in [0.15, 0.2) is 5.84 Å². The van der Waals surface area contributed by atoms with Crippen molar-refractivity contribution >= 4 is 5.84 Å². The van der Waals surface area contributed by atoms with Crippen molar-refractivity contribution in [3.05, 3.63) is 29.6 Å². The van der Waals surface area contributed by atoms with Crippen molar-refractivity contribution in [3.63, 3.8) is 0 Å². The standard InChI is InChI=1S/C13H21N3O3/c1-13(2,3)19-7-6-18-9-10-4-5-15-11(8-10)12(14)16-17/h4-5,8,17H,6-7,9H2,1-3H3,(H2,14,16). The summed E-state index contributed by atoms with van der Waals surface area (Å²) in [5.74, 6) is -0.0158. The summed E-state index contributed by atoms with van der Waals surface area (Å²) < 4.78 is 11.0. The van der Waals surface area contributed by atoms with E-state index in [1.54, 1.807) is 12.3 Å². The highest BCUT2D eigenvalue weighted by Crippen LogP contribution is 2.07. The van der Waals surface area contributed by atoms with Gasteiger partial charge in [0.2, 0.25) is 0 Å². The number of ether oxygens (including phenoxy) is 2. The first-order chi connectivity index (χ1) is 8.92. The molecular formula is C13H21N3O3. The van der Waals surface area contributed by atoms with E-state index in [9.17, 15) is 0 Å². The van der Waals surface area contributed by atoms with Gasteiger partial charge in [0.25, 0.3) is 0 Å². The Morgan fingerprint density at radius 3 is 2.79 bits per heavy atom. The van der Waals surface area contributed by atoms with Gasteiger partial charge < -0.3 is 20.4 Å². The molecule has 0 aliphatic rings. The Hall–Kier alpha value is -1.66. The average molecular weight is 267 g/mol. The molecule has 0 atom stereocenters. The van der Waals surface area contributed by atoms with Gasteiger partial charge in [-0.05, 0) is 38.5 Å². The minimum absolute atomic E-state index is 0.0158. The number of hydrogen-bond acceptors (Lipinski definition) is 5. The second-order valence-electron chi connectivity index (χ2n) is 5.05. The maximum absolute atomic E-state index is 8.58. The molecule has 0 aliphatic carbocycles. The molecule has 0 amide bonds. The van der Waals surface area contributed by atoms with Crippen LogP contribution in [0, 0.1) is 0 Å². The zero-order valence-electron chi connectivity index (χ0n) is 11.6. The van der Waals surface area contributed by atoms with E-state index >= 15 is 0 Å². The van der Waals surface area contributed by atoms with Gasteiger partial charge in [-0.25, -0.2) is 0 Å². The summed E-state index contributed by atoms with van der Waals surface area (Å²) in [5, 5.41) is 11.5. The van der Waals surface area contributed by atoms with Gasteiger partial charge in [-0.2, -0.15) is 0 Å². The molecule has 6 nitrogen and oxygen atoms in total. The van der Waals surface area contributed by atoms with Crippen LogP contribution in [0.5, 0.6) is 0 Å². The molecule has 1 heterocycles. The summed E-state index contributed by atoms with van der Waals surface area (Å²) in [4.78, 5) is 3.99. The summed E-state index contributed by atoms with van der Waals surface area (Å²) in [5.41, 5.74) is 6.65. The zero-order valence-corrected chi connectivity index (χ0v) is 11.6. The fourth-order valence-electron chi connectivity index (χ4n) is 1.35. The number of rotatable bonds is 6. The van der Waals surface area contributed by atoms with E-state index in [1.807, 2.05) is 26.8 Å². The van der Waals surface area contributed by atoms with Gasteiger partial charge in [-0.3, -0.25) is 4.98 Å². The molecule has 0 aromatic carbocycles. The van der Waals surface area contributed by atoms with Crippen LogP contribution in [0.4, 0.5) is 0 Å². The average Bonchev–Trinajstić information content (AvgIpc) is 2.36. The normalized spacial score (nSPS) is 12.7. The SMILES string of the molecule is CC(C)(C)OCCOCc1ccnc(/C(N)=N/O)c1. The summed E-state index contributed by atoms with van der Waals surface area (Å²) in [6, 6.07) is 3.54. The van der Waals surface area contributed by atoms with Gasteiger partial charge in [0, 0.05) is 6.20 Å². The molecule has 0 saturated heterocycles. The second kappa shape index (κ2) is 7.06. The summed E-state index contributed by atoms with van der Waals surface area (Å²) in [6.07, 6.45) is 1.59. The first-order valence-electron chi connectivity index (χ1n) is 6.07. The van der Waals surface area contributed by atoms with Gasteiger partial charge in [0.05, 0.1) is 25.4 Å². The van der Waals surface area contributed by atoms with Crippen molar-refractivity contribution < 1.29 is 14.7 Å². The predicted molar refractivity (Wildman–Crippen MR) is 72.1 cm³/mol. The molecule has 1 rings (SSSR count). The Morgan fingerprint density at radius 2 is 2.16 bits per heavy atom. The van der Waals surface area contributed by atoms with Gasteiger partial charge >= 0.3 is 0 Å². The maximum Gasteiger partial charge on any atom is 0.188 e. The highest BCUT2D eigenvalue weighted by molar-refractivity contribution is 5.95. The van der Waals surface area contributed by atoms with E-state index in [2.05, 4.69) is 10.1 Å². The molecule has 0 unspecified atom stereocenters. The van der Waals surface area contributed by atoms with E-state index in [0.29, 0.717) is 25.5 Å². The lowest BCUT2D eigenvalue weighted by Gasteiger charge is -2.19. The third kappa shape index (κ3) is 6.17. The third-order valence-corrected chi connectivity index (χ3v) is 2.23. The lowest BCUT2D eigenvalue weighted by molar-refractivity contribution is -0.0376. The van der Waals surface area contributed by atoms with Crippen LogP contribution in [0.25, 0.3) is 0 Å². The fourth-order valence-corrected chi connectivity index (χ4v) is 1.35. The lowest BCUT2D eigenvalue weighted by Crippen LogP contribution is -2.21. The van der Waals surface area contributed by atoms with Crippen molar-refractivity contribution in [1.29, 1.82) is 0 Å². The second-order valence-corrected chi connectivity index (χ2v) is 5.05. The third-order valence-electron chi connectivity index (χ3n) is 2.23. The molecule has 6 heteroatoms. The molecule has 0 saturated carbocycles. The Morgan fingerprint density at radius 1 is 1.42 bits per heavy atom. The summed E-state index contributed by atoms with van der Waals surface area (Å²) in [6.45, 7) is 7.49. The zero-order chi connectivity index (χ0) is 14.3. The molecule has 0 radical (unpaired) electrons. The Kier molecular flexibility index (Phi) is 5.72. The molecular weight excluding hydrogens is 246 g/mol. The summed E-state index contributed by atoms with van der Waals surface area (Å²) in [7, 11) is 0. The van der Waals surface area contributed by atoms with Crippen molar-refractivity contribution in [2.75, 3.05) is 13.2 Å². The number of hydrogen-bond donors (Lipinski definition) is 2. The van der Waals surface area contributed by atoms with Crippen molar-refractivity contribution in [2.24, 2.45) is 10.9 Å². The highest BCUT2D eigenvalue weighted by atomic mass is 16.5. The quantitative estimate of drug-likeness (QED) is 0.268. The first-order valence-corrected chi connectivity index (χ1v) is 6.07. The van der Waals surface area contributed by atoms with E-state index in [0.717, 1.165) is 5.56 Å². The molecule has 0 bridgehead atoms. The number of aromatic nitrogens is 1. The molecule has 1 aromatic heterocycles. The van der Waals surface area contributed by atoms with Crippen LogP contribution in [-0.4, -0.2) is 34.8 Å². The Labute approximate surface area is 113 Å². The van der Waals surface area contributed by atoms with Gasteiger partial charge in [0.1, 0.15) is 5.69 Å². The molecule has 1 aromatic rings. The Balaban J connectivity index is 2.38. The number of amidine groups is 1. The minimum atomic E-state index is -0.154. The molecule has 0 spiro atoms. The molecule has 0 aliphatic heterocycles. The van der Waals surface area contributed by atoms with Crippen LogP contribution in [0.1, 0.15) is 32.0 Å². The van der Waals surface area contributed by atoms with Crippen LogP contribution in [-0.2, 0) is 16.1 Å². The minimum Gasteiger partial charge on any atom is -0.409 e. The van der Waals surface area contributed by atoms with E-state index in [4.69, 9.17) is 20.4 Å². The largest absolute Gasteiger partial charge is 0.409 e. The van der Waals surface area contributed by atoms with Crippen LogP contribution in [0.3, 0.4) is 0 Å². The van der Waals surface area contributed by atoms with Gasteiger partial charge in [-0.15, -0.1) is 0 Å². The monoisotopic (exact) mass is 267 g/mol. The van der Waals surface area contributed by atoms with E-state index in [-0.39, 0.29) is 11.4 Å². The van der Waals surface area contributed by atoms with Crippen molar-refractivity contribution in [1.82, 2.24) is 4.98 Å². The molecule has 19 heavy (non-hydrogen) atoms. The number of nitrogens with two attached hydrogens (primary N) is 1. The maximum atomic E-state index is 8.58. The van der Waals surface area contributed by atoms with Gasteiger partial charge in [-0.1, -0.05) is 5.16 Å². The smallest absolute Gasteiger partial charge is 0.188 e. The van der Waals surface area contributed by atoms with Crippen LogP contribution >= 0.6 is 0 Å². The summed E-state index contributed by atoms with van der Waals surface area (Å²) >= 11 is 0. The molecule has 106 valence electrons. The van der Waals surface area contributed by atoms with Crippen molar-refractivity contribution in [2.45, 2.75) is 33.0 Å². The fraction of sp³-hybridized carbons (Fsp3) is 0.538. The topological polar surface area (TPSA) is 90.0 Å². The molecule has 3 N–H and O–H groups in total. The first kappa shape index (κ1) is 15.4. The van der Waals surface area contributed by atoms with Crippen LogP contribution in [0.2, 0.25) is 0 Å². The molecule has 0 fully saturated rings. The van der Waals surface area contributed by atoms with E-state index in [1.165, 1.54) is 0 Å². The van der Waals surface area contributed by atoms with Crippen molar-refractivity contribution in [3.8, 4) is 0 Å². The predicted octanol–water partition coefficient (Wildman–Crippen LogP) is 1.51. The van der Waals surface area contributed by atoms with Crippen LogP contribution < -0.4 is 5.73 Å². The number of nitrogens with zero attached hydrogens (tertiary/aromatic N) is 2. The Bertz CT molecular complexity index is 427. The van der Waals surface area contributed by atoms with E-state index < -0.39 is 0 Å². The number of oxime groups is 1. The van der Waals surface area contributed by atoms with Crippen LogP contribution in [0.15, 0.2) is 23.5 Å². The highest BCUT2D eigenvalue weighted by Gasteiger charge is 2.09. The number of pyridine rings is 1.